The maximum Gasteiger partial charge on any atom is 0.291 e. The standard InChI is InChI=1S/C18H14ClNO3/c1-10-14-4-3-5-15(19)17(14)23-16(10)18(22)20-13-8-6-12(7-9-13)11(2)21/h3-9H,1-2H3,(H,20,22). The second kappa shape index (κ2) is 5.89. The third-order valence-corrected chi connectivity index (χ3v) is 3.97. The van der Waals surface area contributed by atoms with E-state index in [4.69, 9.17) is 16.0 Å². The number of carbonyl (C=O) groups is 2. The van der Waals surface area contributed by atoms with E-state index in [0.717, 1.165) is 10.9 Å². The van der Waals surface area contributed by atoms with E-state index in [-0.39, 0.29) is 17.5 Å². The van der Waals surface area contributed by atoms with Crippen LogP contribution in [0.1, 0.15) is 33.4 Å². The molecule has 1 heterocycles. The van der Waals surface area contributed by atoms with E-state index in [0.29, 0.717) is 21.9 Å². The highest BCUT2D eigenvalue weighted by Gasteiger charge is 2.19. The normalized spacial score (nSPS) is 10.7. The molecule has 116 valence electrons. The molecule has 5 heteroatoms. The van der Waals surface area contributed by atoms with Gasteiger partial charge in [0.25, 0.3) is 5.91 Å². The highest BCUT2D eigenvalue weighted by atomic mass is 35.5. The van der Waals surface area contributed by atoms with Crippen molar-refractivity contribution >= 4 is 39.9 Å². The molecule has 1 amide bonds. The quantitative estimate of drug-likeness (QED) is 0.699. The lowest BCUT2D eigenvalue weighted by atomic mass is 10.1. The van der Waals surface area contributed by atoms with E-state index < -0.39 is 0 Å². The average Bonchev–Trinajstić information content (AvgIpc) is 2.87. The number of Topliss-reactive ketones (excluding diaryl/α,β-unsaturated/α-hetero) is 1. The topological polar surface area (TPSA) is 59.3 Å². The van der Waals surface area contributed by atoms with Crippen LogP contribution in [0.4, 0.5) is 5.69 Å². The van der Waals surface area contributed by atoms with Crippen molar-refractivity contribution in [2.45, 2.75) is 13.8 Å². The Balaban J connectivity index is 1.90. The zero-order valence-electron chi connectivity index (χ0n) is 12.6. The summed E-state index contributed by atoms with van der Waals surface area (Å²) in [6.45, 7) is 3.31. The molecule has 2 aromatic carbocycles. The van der Waals surface area contributed by atoms with E-state index in [1.807, 2.05) is 19.1 Å². The predicted octanol–water partition coefficient (Wildman–Crippen LogP) is 4.85. The number of para-hydroxylation sites is 1. The van der Waals surface area contributed by atoms with Crippen LogP contribution in [0, 0.1) is 6.92 Å². The number of hydrogen-bond acceptors (Lipinski definition) is 3. The third kappa shape index (κ3) is 2.85. The summed E-state index contributed by atoms with van der Waals surface area (Å²) in [5.41, 5.74) is 2.42. The summed E-state index contributed by atoms with van der Waals surface area (Å²) in [5.74, 6) is -0.153. The maximum absolute atomic E-state index is 12.4. The van der Waals surface area contributed by atoms with Gasteiger partial charge in [-0.1, -0.05) is 23.7 Å². The largest absolute Gasteiger partial charge is 0.449 e. The van der Waals surface area contributed by atoms with Crippen LogP contribution in [0.15, 0.2) is 46.9 Å². The first kappa shape index (κ1) is 15.3. The number of halogens is 1. The zero-order chi connectivity index (χ0) is 16.6. The molecule has 0 saturated heterocycles. The number of hydrogen-bond donors (Lipinski definition) is 1. The second-order valence-corrected chi connectivity index (χ2v) is 5.67. The number of benzene rings is 2. The molecule has 1 aromatic heterocycles. The molecule has 0 aliphatic carbocycles. The summed E-state index contributed by atoms with van der Waals surface area (Å²) < 4.78 is 5.63. The molecule has 0 atom stereocenters. The summed E-state index contributed by atoms with van der Waals surface area (Å²) in [6.07, 6.45) is 0. The van der Waals surface area contributed by atoms with E-state index in [2.05, 4.69) is 5.32 Å². The van der Waals surface area contributed by atoms with Crippen LogP contribution in [0.25, 0.3) is 11.0 Å². The molecule has 0 saturated carbocycles. The Morgan fingerprint density at radius 1 is 1.09 bits per heavy atom. The van der Waals surface area contributed by atoms with Gasteiger partial charge >= 0.3 is 0 Å². The molecule has 3 aromatic rings. The number of carbonyl (C=O) groups excluding carboxylic acids is 2. The van der Waals surface area contributed by atoms with Crippen molar-refractivity contribution in [1.82, 2.24) is 0 Å². The fourth-order valence-electron chi connectivity index (χ4n) is 2.40. The number of nitrogens with one attached hydrogen (secondary N) is 1. The molecule has 23 heavy (non-hydrogen) atoms. The number of furan rings is 1. The van der Waals surface area contributed by atoms with Gasteiger partial charge in [-0.2, -0.15) is 0 Å². The summed E-state index contributed by atoms with van der Waals surface area (Å²) in [7, 11) is 0. The van der Waals surface area contributed by atoms with E-state index in [1.54, 1.807) is 30.3 Å². The van der Waals surface area contributed by atoms with Crippen LogP contribution in [-0.2, 0) is 0 Å². The van der Waals surface area contributed by atoms with Crippen LogP contribution < -0.4 is 5.32 Å². The van der Waals surface area contributed by atoms with Crippen molar-refractivity contribution in [1.29, 1.82) is 0 Å². The van der Waals surface area contributed by atoms with Gasteiger partial charge in [0.2, 0.25) is 0 Å². The Bertz CT molecular complexity index is 910. The molecular weight excluding hydrogens is 314 g/mol. The number of aryl methyl sites for hydroxylation is 1. The number of ketones is 1. The molecule has 0 unspecified atom stereocenters. The third-order valence-electron chi connectivity index (χ3n) is 3.67. The van der Waals surface area contributed by atoms with Gasteiger partial charge in [-0.15, -0.1) is 0 Å². The Kier molecular flexibility index (Phi) is 3.92. The van der Waals surface area contributed by atoms with Gasteiger partial charge in [0, 0.05) is 22.2 Å². The predicted molar refractivity (Wildman–Crippen MR) is 90.4 cm³/mol. The van der Waals surface area contributed by atoms with Gasteiger partial charge in [0.05, 0.1) is 5.02 Å². The zero-order valence-corrected chi connectivity index (χ0v) is 13.4. The van der Waals surface area contributed by atoms with Crippen molar-refractivity contribution in [3.8, 4) is 0 Å². The first-order valence-corrected chi connectivity index (χ1v) is 7.45. The molecule has 0 radical (unpaired) electrons. The number of amides is 1. The lowest BCUT2D eigenvalue weighted by Crippen LogP contribution is -2.12. The smallest absolute Gasteiger partial charge is 0.291 e. The van der Waals surface area contributed by atoms with E-state index in [1.165, 1.54) is 6.92 Å². The van der Waals surface area contributed by atoms with Gasteiger partial charge in [-0.05, 0) is 44.2 Å². The van der Waals surface area contributed by atoms with Crippen LogP contribution in [0.3, 0.4) is 0 Å². The van der Waals surface area contributed by atoms with Gasteiger partial charge in [0.1, 0.15) is 0 Å². The van der Waals surface area contributed by atoms with Gasteiger partial charge in [-0.25, -0.2) is 0 Å². The summed E-state index contributed by atoms with van der Waals surface area (Å²) in [5, 5.41) is 4.04. The van der Waals surface area contributed by atoms with Crippen LogP contribution in [0.2, 0.25) is 5.02 Å². The Morgan fingerprint density at radius 2 is 1.78 bits per heavy atom. The minimum Gasteiger partial charge on any atom is -0.449 e. The molecule has 3 rings (SSSR count). The van der Waals surface area contributed by atoms with Gasteiger partial charge in [-0.3, -0.25) is 9.59 Å². The average molecular weight is 328 g/mol. The minimum absolute atomic E-state index is 0.0225. The van der Waals surface area contributed by atoms with Crippen molar-refractivity contribution in [2.75, 3.05) is 5.32 Å². The highest BCUT2D eigenvalue weighted by molar-refractivity contribution is 6.35. The Hall–Kier alpha value is -2.59. The second-order valence-electron chi connectivity index (χ2n) is 5.26. The number of rotatable bonds is 3. The number of fused-ring (bicyclic) bond motifs is 1. The first-order chi connectivity index (χ1) is 11.0. The molecule has 0 bridgehead atoms. The van der Waals surface area contributed by atoms with Crippen LogP contribution in [-0.4, -0.2) is 11.7 Å². The lowest BCUT2D eigenvalue weighted by Gasteiger charge is -2.04. The fourth-order valence-corrected chi connectivity index (χ4v) is 2.61. The van der Waals surface area contributed by atoms with Gasteiger partial charge < -0.3 is 9.73 Å². The van der Waals surface area contributed by atoms with Crippen molar-refractivity contribution in [2.24, 2.45) is 0 Å². The van der Waals surface area contributed by atoms with Gasteiger partial charge in [0.15, 0.2) is 17.1 Å². The molecule has 0 fully saturated rings. The first-order valence-electron chi connectivity index (χ1n) is 7.07. The Labute approximate surface area is 138 Å². The van der Waals surface area contributed by atoms with Crippen molar-refractivity contribution in [3.05, 3.63) is 64.4 Å². The molecule has 0 aliphatic heterocycles. The SMILES string of the molecule is CC(=O)c1ccc(NC(=O)c2oc3c(Cl)cccc3c2C)cc1. The van der Waals surface area contributed by atoms with E-state index >= 15 is 0 Å². The summed E-state index contributed by atoms with van der Waals surface area (Å²) in [4.78, 5) is 23.7. The van der Waals surface area contributed by atoms with Crippen LogP contribution >= 0.6 is 11.6 Å². The summed E-state index contributed by atoms with van der Waals surface area (Å²) in [6, 6.07) is 12.1. The number of anilines is 1. The summed E-state index contributed by atoms with van der Waals surface area (Å²) >= 11 is 6.10. The molecule has 0 spiro atoms. The van der Waals surface area contributed by atoms with Crippen molar-refractivity contribution in [3.63, 3.8) is 0 Å². The monoisotopic (exact) mass is 327 g/mol. The molecule has 1 N–H and O–H groups in total. The molecular formula is C18H14ClNO3. The molecule has 4 nitrogen and oxygen atoms in total. The lowest BCUT2D eigenvalue weighted by molar-refractivity contribution is 0.0995. The maximum atomic E-state index is 12.4. The van der Waals surface area contributed by atoms with Crippen molar-refractivity contribution < 1.29 is 14.0 Å². The molecule has 0 aliphatic rings. The Morgan fingerprint density at radius 3 is 2.39 bits per heavy atom. The minimum atomic E-state index is -0.356. The highest BCUT2D eigenvalue weighted by Crippen LogP contribution is 2.31. The van der Waals surface area contributed by atoms with Crippen LogP contribution in [0.5, 0.6) is 0 Å². The van der Waals surface area contributed by atoms with E-state index in [9.17, 15) is 9.59 Å². The fraction of sp³-hybridized carbons (Fsp3) is 0.111.